The van der Waals surface area contributed by atoms with E-state index < -0.39 is 23.0 Å². The molecule has 3 aliphatic carbocycles. The molecule has 0 saturated heterocycles. The standard InChI is InChI=1S/C27H30N2O5/c1-29(27(24(31)32)14-7-15-27)23(30)26(12-6-13-26)17-28-25(33)34-16-22-20-10-4-2-8-18(20)19-9-3-5-11-21(19)22/h2-5,8-11,22H,6-7,12-17H2,1H3,(H,28,33)(H,31,32). The second-order valence-corrected chi connectivity index (χ2v) is 9.87. The number of rotatable bonds is 7. The summed E-state index contributed by atoms with van der Waals surface area (Å²) in [5.74, 6) is -1.18. The normalized spacial score (nSPS) is 19.1. The number of carbonyl (C=O) groups is 3. The number of hydrogen-bond donors (Lipinski definition) is 2. The Kier molecular flexibility index (Phi) is 5.58. The fourth-order valence-electron chi connectivity index (χ4n) is 5.72. The summed E-state index contributed by atoms with van der Waals surface area (Å²) < 4.78 is 5.61. The van der Waals surface area contributed by atoms with Gasteiger partial charge < -0.3 is 20.1 Å². The summed E-state index contributed by atoms with van der Waals surface area (Å²) in [5.41, 5.74) is 2.75. The molecule has 0 aliphatic heterocycles. The number of aliphatic carboxylic acids is 1. The molecule has 0 spiro atoms. The highest BCUT2D eigenvalue weighted by Crippen LogP contribution is 2.47. The topological polar surface area (TPSA) is 95.9 Å². The third-order valence-corrected chi connectivity index (χ3v) is 8.20. The van der Waals surface area contributed by atoms with Crippen molar-refractivity contribution in [3.05, 3.63) is 59.7 Å². The number of nitrogens with one attached hydrogen (secondary N) is 1. The van der Waals surface area contributed by atoms with Gasteiger partial charge in [-0.25, -0.2) is 9.59 Å². The molecule has 3 aliphatic rings. The molecule has 2 aromatic carbocycles. The lowest BCUT2D eigenvalue weighted by molar-refractivity contribution is -0.171. The summed E-state index contributed by atoms with van der Waals surface area (Å²) >= 11 is 0. The van der Waals surface area contributed by atoms with E-state index in [1.165, 1.54) is 4.90 Å². The van der Waals surface area contributed by atoms with Crippen LogP contribution in [-0.4, -0.2) is 53.7 Å². The van der Waals surface area contributed by atoms with Crippen molar-refractivity contribution < 1.29 is 24.2 Å². The number of fused-ring (bicyclic) bond motifs is 3. The summed E-state index contributed by atoms with van der Waals surface area (Å²) in [6, 6.07) is 16.3. The van der Waals surface area contributed by atoms with Crippen molar-refractivity contribution in [3.8, 4) is 11.1 Å². The van der Waals surface area contributed by atoms with Gasteiger partial charge in [-0.15, -0.1) is 0 Å². The van der Waals surface area contributed by atoms with Crippen molar-refractivity contribution in [2.45, 2.75) is 50.0 Å². The Bertz CT molecular complexity index is 1090. The van der Waals surface area contributed by atoms with E-state index in [0.29, 0.717) is 25.7 Å². The van der Waals surface area contributed by atoms with Crippen molar-refractivity contribution in [1.29, 1.82) is 0 Å². The highest BCUT2D eigenvalue weighted by molar-refractivity contribution is 5.91. The van der Waals surface area contributed by atoms with E-state index in [0.717, 1.165) is 35.1 Å². The van der Waals surface area contributed by atoms with Crippen LogP contribution in [0.3, 0.4) is 0 Å². The number of nitrogens with zero attached hydrogens (tertiary/aromatic N) is 1. The predicted molar refractivity (Wildman–Crippen MR) is 126 cm³/mol. The van der Waals surface area contributed by atoms with Crippen LogP contribution in [-0.2, 0) is 14.3 Å². The van der Waals surface area contributed by atoms with Crippen molar-refractivity contribution >= 4 is 18.0 Å². The minimum atomic E-state index is -1.11. The summed E-state index contributed by atoms with van der Waals surface area (Å²) in [4.78, 5) is 39.2. The number of benzene rings is 2. The lowest BCUT2D eigenvalue weighted by atomic mass is 9.66. The highest BCUT2D eigenvalue weighted by atomic mass is 16.5. The molecular formula is C27H30N2O5. The summed E-state index contributed by atoms with van der Waals surface area (Å²) in [6.07, 6.45) is 3.34. The molecule has 7 nitrogen and oxygen atoms in total. The maximum Gasteiger partial charge on any atom is 0.407 e. The molecule has 178 valence electrons. The first-order chi connectivity index (χ1) is 16.4. The molecular weight excluding hydrogens is 432 g/mol. The van der Waals surface area contributed by atoms with Gasteiger partial charge in [0.1, 0.15) is 12.1 Å². The first kappa shape index (κ1) is 22.4. The number of alkyl carbamates (subject to hydrolysis) is 1. The van der Waals surface area contributed by atoms with Gasteiger partial charge in [-0.05, 0) is 54.4 Å². The molecule has 0 heterocycles. The zero-order valence-electron chi connectivity index (χ0n) is 19.4. The molecule has 7 heteroatoms. The summed E-state index contributed by atoms with van der Waals surface area (Å²) in [7, 11) is 1.59. The van der Waals surface area contributed by atoms with Crippen molar-refractivity contribution in [2.75, 3.05) is 20.2 Å². The summed E-state index contributed by atoms with van der Waals surface area (Å²) in [6.45, 7) is 0.366. The number of hydrogen-bond acceptors (Lipinski definition) is 4. The SMILES string of the molecule is CN(C(=O)C1(CNC(=O)OCC2c3ccccc3-c3ccccc32)CCC1)C1(C(=O)O)CCC1. The molecule has 2 N–H and O–H groups in total. The third kappa shape index (κ3) is 3.45. The van der Waals surface area contributed by atoms with Crippen LogP contribution in [0.25, 0.3) is 11.1 Å². The minimum Gasteiger partial charge on any atom is -0.479 e. The Hall–Kier alpha value is -3.35. The lowest BCUT2D eigenvalue weighted by Gasteiger charge is -2.50. The molecule has 0 aromatic heterocycles. The van der Waals surface area contributed by atoms with E-state index >= 15 is 0 Å². The zero-order valence-corrected chi connectivity index (χ0v) is 19.4. The van der Waals surface area contributed by atoms with Gasteiger partial charge in [0.2, 0.25) is 5.91 Å². The van der Waals surface area contributed by atoms with Gasteiger partial charge >= 0.3 is 12.1 Å². The first-order valence-electron chi connectivity index (χ1n) is 12.0. The zero-order chi connectivity index (χ0) is 23.9. The van der Waals surface area contributed by atoms with Crippen LogP contribution < -0.4 is 5.32 Å². The second kappa shape index (κ2) is 8.46. The molecule has 2 saturated carbocycles. The van der Waals surface area contributed by atoms with Crippen LogP contribution in [0.2, 0.25) is 0 Å². The number of likely N-dealkylation sites (N-methyl/N-ethyl adjacent to an activating group) is 1. The molecule has 34 heavy (non-hydrogen) atoms. The third-order valence-electron chi connectivity index (χ3n) is 8.20. The van der Waals surface area contributed by atoms with Crippen LogP contribution in [0, 0.1) is 5.41 Å². The predicted octanol–water partition coefficient (Wildman–Crippen LogP) is 4.16. The molecule has 2 fully saturated rings. The summed E-state index contributed by atoms with van der Waals surface area (Å²) in [5, 5.41) is 12.5. The molecule has 0 atom stereocenters. The first-order valence-corrected chi connectivity index (χ1v) is 12.0. The lowest BCUT2D eigenvalue weighted by Crippen LogP contribution is -2.64. The Morgan fingerprint density at radius 3 is 2.00 bits per heavy atom. The average molecular weight is 463 g/mol. The van der Waals surface area contributed by atoms with Gasteiger partial charge in [-0.3, -0.25) is 4.79 Å². The van der Waals surface area contributed by atoms with E-state index in [4.69, 9.17) is 4.74 Å². The average Bonchev–Trinajstić information content (AvgIpc) is 3.09. The Balaban J connectivity index is 1.22. The van der Waals surface area contributed by atoms with E-state index in [2.05, 4.69) is 29.6 Å². The maximum absolute atomic E-state index is 13.3. The van der Waals surface area contributed by atoms with Gasteiger partial charge in [0.15, 0.2) is 0 Å². The van der Waals surface area contributed by atoms with Crippen LogP contribution in [0.1, 0.15) is 55.6 Å². The maximum atomic E-state index is 13.3. The monoisotopic (exact) mass is 462 g/mol. The van der Waals surface area contributed by atoms with Crippen LogP contribution in [0.4, 0.5) is 4.79 Å². The molecule has 0 bridgehead atoms. The van der Waals surface area contributed by atoms with E-state index in [-0.39, 0.29) is 25.0 Å². The molecule has 2 amide bonds. The van der Waals surface area contributed by atoms with E-state index in [1.807, 2.05) is 24.3 Å². The van der Waals surface area contributed by atoms with Gasteiger partial charge in [0.05, 0.1) is 5.41 Å². The van der Waals surface area contributed by atoms with Crippen LogP contribution in [0.15, 0.2) is 48.5 Å². The van der Waals surface area contributed by atoms with Gasteiger partial charge in [-0.2, -0.15) is 0 Å². The molecule has 2 aromatic rings. The molecule has 0 unspecified atom stereocenters. The van der Waals surface area contributed by atoms with Gasteiger partial charge in [0.25, 0.3) is 0 Å². The van der Waals surface area contributed by atoms with Crippen LogP contribution in [0.5, 0.6) is 0 Å². The largest absolute Gasteiger partial charge is 0.479 e. The van der Waals surface area contributed by atoms with E-state index in [9.17, 15) is 19.5 Å². The fraction of sp³-hybridized carbons (Fsp3) is 0.444. The Morgan fingerprint density at radius 1 is 0.971 bits per heavy atom. The van der Waals surface area contributed by atoms with E-state index in [1.54, 1.807) is 7.05 Å². The smallest absolute Gasteiger partial charge is 0.407 e. The number of carboxylic acids is 1. The number of amides is 2. The molecule has 0 radical (unpaired) electrons. The van der Waals surface area contributed by atoms with Crippen molar-refractivity contribution in [1.82, 2.24) is 10.2 Å². The number of carbonyl (C=O) groups excluding carboxylic acids is 2. The van der Waals surface area contributed by atoms with Crippen LogP contribution >= 0.6 is 0 Å². The number of carboxylic acid groups (broad SMARTS) is 1. The minimum absolute atomic E-state index is 0.0300. The highest BCUT2D eigenvalue weighted by Gasteiger charge is 2.55. The Labute approximate surface area is 199 Å². The van der Waals surface area contributed by atoms with Crippen molar-refractivity contribution in [3.63, 3.8) is 0 Å². The van der Waals surface area contributed by atoms with Gasteiger partial charge in [0, 0.05) is 19.5 Å². The number of ether oxygens (including phenoxy) is 1. The van der Waals surface area contributed by atoms with Gasteiger partial charge in [-0.1, -0.05) is 55.0 Å². The van der Waals surface area contributed by atoms with Crippen molar-refractivity contribution in [2.24, 2.45) is 5.41 Å². The second-order valence-electron chi connectivity index (χ2n) is 9.87. The molecule has 5 rings (SSSR count). The quantitative estimate of drug-likeness (QED) is 0.644. The fourth-order valence-corrected chi connectivity index (χ4v) is 5.72. The Morgan fingerprint density at radius 2 is 1.53 bits per heavy atom.